The number of piperazine rings is 1. The third-order valence-electron chi connectivity index (χ3n) is 4.82. The van der Waals surface area contributed by atoms with Gasteiger partial charge in [-0.1, -0.05) is 6.07 Å². The number of piperidine rings is 1. The van der Waals surface area contributed by atoms with Gasteiger partial charge in [-0.15, -0.1) is 0 Å². The number of halogens is 1. The smallest absolute Gasteiger partial charge is 0.322 e. The van der Waals surface area contributed by atoms with Gasteiger partial charge in [0.05, 0.1) is 19.2 Å². The largest absolute Gasteiger partial charge is 0.497 e. The Hall–Kier alpha value is -2.83. The van der Waals surface area contributed by atoms with E-state index in [-0.39, 0.29) is 18.1 Å². The lowest BCUT2D eigenvalue weighted by molar-refractivity contribution is 0.0439. The highest BCUT2D eigenvalue weighted by Gasteiger charge is 2.47. The first-order valence-electron chi connectivity index (χ1n) is 8.24. The second-order valence-corrected chi connectivity index (χ2v) is 6.35. The van der Waals surface area contributed by atoms with Crippen LogP contribution in [-0.4, -0.2) is 48.2 Å². The number of hydrogen-bond donors (Lipinski definition) is 1. The maximum absolute atomic E-state index is 13.3. The highest BCUT2D eigenvalue weighted by atomic mass is 19.1. The minimum Gasteiger partial charge on any atom is -0.497 e. The zero-order chi connectivity index (χ0) is 17.4. The fourth-order valence-electron chi connectivity index (χ4n) is 3.63. The van der Waals surface area contributed by atoms with Gasteiger partial charge in [-0.05, 0) is 24.6 Å². The lowest BCUT2D eigenvalue weighted by Crippen LogP contribution is -2.71. The molecule has 4 heterocycles. The van der Waals surface area contributed by atoms with Crippen molar-refractivity contribution in [3.63, 3.8) is 0 Å². The van der Waals surface area contributed by atoms with Gasteiger partial charge in [0.1, 0.15) is 5.75 Å². The predicted molar refractivity (Wildman–Crippen MR) is 92.5 cm³/mol. The fraction of sp³-hybridized carbons (Fsp3) is 0.333. The molecule has 1 aromatic heterocycles. The minimum absolute atomic E-state index is 0.102. The van der Waals surface area contributed by atoms with Gasteiger partial charge >= 0.3 is 6.03 Å². The van der Waals surface area contributed by atoms with Gasteiger partial charge in [-0.25, -0.2) is 9.78 Å². The normalized spacial score (nSPS) is 21.5. The average Bonchev–Trinajstić information content (AvgIpc) is 2.62. The van der Waals surface area contributed by atoms with E-state index in [1.54, 1.807) is 19.2 Å². The maximum Gasteiger partial charge on any atom is 0.322 e. The Morgan fingerprint density at radius 1 is 1.28 bits per heavy atom. The number of pyridine rings is 1. The Kier molecular flexibility index (Phi) is 3.91. The number of hydrogen-bond acceptors (Lipinski definition) is 4. The molecule has 0 radical (unpaired) electrons. The molecule has 1 aromatic carbocycles. The monoisotopic (exact) mass is 342 g/mol. The van der Waals surface area contributed by atoms with E-state index in [1.807, 2.05) is 23.1 Å². The molecule has 2 bridgehead atoms. The van der Waals surface area contributed by atoms with Crippen LogP contribution in [0.1, 0.15) is 6.42 Å². The number of anilines is 2. The summed E-state index contributed by atoms with van der Waals surface area (Å²) >= 11 is 0. The molecule has 2 atom stereocenters. The first-order chi connectivity index (χ1) is 12.1. The van der Waals surface area contributed by atoms with Gasteiger partial charge in [0.25, 0.3) is 0 Å². The summed E-state index contributed by atoms with van der Waals surface area (Å²) in [5, 5.41) is 2.93. The van der Waals surface area contributed by atoms with Gasteiger partial charge in [-0.3, -0.25) is 0 Å². The van der Waals surface area contributed by atoms with Gasteiger partial charge in [0.2, 0.25) is 5.95 Å². The third kappa shape index (κ3) is 2.97. The molecule has 5 rings (SSSR count). The van der Waals surface area contributed by atoms with Crippen LogP contribution in [0.3, 0.4) is 0 Å². The van der Waals surface area contributed by atoms with Crippen molar-refractivity contribution in [2.24, 2.45) is 0 Å². The van der Waals surface area contributed by atoms with Gasteiger partial charge in [-0.2, -0.15) is 4.39 Å². The maximum atomic E-state index is 13.3. The number of ether oxygens (including phenoxy) is 1. The Labute approximate surface area is 145 Å². The van der Waals surface area contributed by atoms with Gasteiger partial charge in [0.15, 0.2) is 0 Å². The number of rotatable bonds is 3. The molecule has 0 aliphatic carbocycles. The molecule has 130 valence electrons. The van der Waals surface area contributed by atoms with Crippen LogP contribution >= 0.6 is 0 Å². The van der Waals surface area contributed by atoms with E-state index in [2.05, 4.69) is 15.2 Å². The molecule has 3 saturated heterocycles. The van der Waals surface area contributed by atoms with Crippen molar-refractivity contribution >= 4 is 17.4 Å². The van der Waals surface area contributed by atoms with Crippen LogP contribution in [0.2, 0.25) is 0 Å². The molecule has 1 N–H and O–H groups in total. The number of carbonyl (C=O) groups excluding carboxylic acids is 1. The lowest BCUT2D eigenvalue weighted by atomic mass is 9.87. The molecule has 3 aliphatic rings. The van der Waals surface area contributed by atoms with E-state index < -0.39 is 5.95 Å². The summed E-state index contributed by atoms with van der Waals surface area (Å²) in [5.41, 5.74) is 1.53. The number of amides is 2. The Morgan fingerprint density at radius 3 is 2.80 bits per heavy atom. The topological polar surface area (TPSA) is 57.7 Å². The second-order valence-electron chi connectivity index (χ2n) is 6.35. The number of nitrogens with one attached hydrogen (secondary N) is 1. The van der Waals surface area contributed by atoms with Crippen molar-refractivity contribution in [3.8, 4) is 5.75 Å². The summed E-state index contributed by atoms with van der Waals surface area (Å²) in [4.78, 5) is 20.2. The number of aromatic nitrogens is 1. The molecule has 6 nitrogen and oxygen atoms in total. The molecule has 7 heteroatoms. The molecule has 2 amide bonds. The summed E-state index contributed by atoms with van der Waals surface area (Å²) in [5.74, 6) is 0.219. The summed E-state index contributed by atoms with van der Waals surface area (Å²) in [6.45, 7) is 1.40. The number of methoxy groups -OCH3 is 1. The molecule has 25 heavy (non-hydrogen) atoms. The highest BCUT2D eigenvalue weighted by molar-refractivity contribution is 5.91. The third-order valence-corrected chi connectivity index (χ3v) is 4.82. The van der Waals surface area contributed by atoms with Crippen molar-refractivity contribution in [1.29, 1.82) is 0 Å². The van der Waals surface area contributed by atoms with Crippen LogP contribution in [0.4, 0.5) is 20.6 Å². The quantitative estimate of drug-likeness (QED) is 0.872. The number of urea groups is 1. The SMILES string of the molecule is COc1cccc(NC(=O)N2C3CC2CN(c2ccnc(F)c2)C3)c1. The average molecular weight is 342 g/mol. The van der Waals surface area contributed by atoms with E-state index >= 15 is 0 Å². The molecule has 2 unspecified atom stereocenters. The molecule has 3 aliphatic heterocycles. The molecule has 3 fully saturated rings. The van der Waals surface area contributed by atoms with Crippen molar-refractivity contribution < 1.29 is 13.9 Å². The van der Waals surface area contributed by atoms with Crippen LogP contribution in [0, 0.1) is 5.95 Å². The predicted octanol–water partition coefficient (Wildman–Crippen LogP) is 2.72. The Morgan fingerprint density at radius 2 is 2.08 bits per heavy atom. The van der Waals surface area contributed by atoms with Crippen molar-refractivity contribution in [3.05, 3.63) is 48.5 Å². The van der Waals surface area contributed by atoms with E-state index in [0.717, 1.165) is 12.1 Å². The first kappa shape index (κ1) is 15.7. The van der Waals surface area contributed by atoms with Crippen LogP contribution in [0.5, 0.6) is 5.75 Å². The van der Waals surface area contributed by atoms with Crippen LogP contribution < -0.4 is 15.0 Å². The van der Waals surface area contributed by atoms with Crippen molar-refractivity contribution in [2.45, 2.75) is 18.5 Å². The molecule has 0 saturated carbocycles. The summed E-state index contributed by atoms with van der Waals surface area (Å²) in [7, 11) is 1.59. The van der Waals surface area contributed by atoms with E-state index in [9.17, 15) is 9.18 Å². The standard InChI is InChI=1S/C18H19FN4O2/c1-25-16-4-2-3-12(7-16)21-18(24)23-14-8-15(23)11-22(10-14)13-5-6-20-17(19)9-13/h2-7,9,14-15H,8,10-11H2,1H3,(H,21,24). The zero-order valence-corrected chi connectivity index (χ0v) is 13.9. The number of benzene rings is 1. The lowest BCUT2D eigenvalue weighted by Gasteiger charge is -2.56. The highest BCUT2D eigenvalue weighted by Crippen LogP contribution is 2.35. The van der Waals surface area contributed by atoms with Gasteiger partial charge in [0, 0.05) is 42.8 Å². The fourth-order valence-corrected chi connectivity index (χ4v) is 3.63. The minimum atomic E-state index is -0.482. The van der Waals surface area contributed by atoms with Crippen LogP contribution in [-0.2, 0) is 0 Å². The van der Waals surface area contributed by atoms with E-state index in [0.29, 0.717) is 24.5 Å². The van der Waals surface area contributed by atoms with Crippen LogP contribution in [0.15, 0.2) is 42.6 Å². The summed E-state index contributed by atoms with van der Waals surface area (Å²) in [6, 6.07) is 10.7. The summed E-state index contributed by atoms with van der Waals surface area (Å²) < 4.78 is 18.5. The Bertz CT molecular complexity index is 788. The number of nitrogens with zero attached hydrogens (tertiary/aromatic N) is 3. The Balaban J connectivity index is 1.41. The molecular weight excluding hydrogens is 323 g/mol. The number of fused-ring (bicyclic) bond motifs is 2. The molecule has 0 spiro atoms. The van der Waals surface area contributed by atoms with Crippen LogP contribution in [0.25, 0.3) is 0 Å². The molecule has 2 aromatic rings. The zero-order valence-electron chi connectivity index (χ0n) is 13.9. The van der Waals surface area contributed by atoms with E-state index in [4.69, 9.17) is 4.74 Å². The number of carbonyl (C=O) groups is 1. The van der Waals surface area contributed by atoms with Crippen molar-refractivity contribution in [1.82, 2.24) is 9.88 Å². The molecular formula is C18H19FN4O2. The second kappa shape index (κ2) is 6.23. The summed E-state index contributed by atoms with van der Waals surface area (Å²) in [6.07, 6.45) is 2.45. The van der Waals surface area contributed by atoms with Gasteiger partial charge < -0.3 is 19.9 Å². The van der Waals surface area contributed by atoms with Crippen molar-refractivity contribution in [2.75, 3.05) is 30.4 Å². The first-order valence-corrected chi connectivity index (χ1v) is 8.24. The van der Waals surface area contributed by atoms with E-state index in [1.165, 1.54) is 12.3 Å².